The zero-order chi connectivity index (χ0) is 27.1. The fraction of sp³-hybridized carbons (Fsp3) is 0.107. The van der Waals surface area contributed by atoms with Crippen LogP contribution < -0.4 is 14.8 Å². The zero-order valence-electron chi connectivity index (χ0n) is 20.5. The van der Waals surface area contributed by atoms with Crippen LogP contribution in [0, 0.1) is 0 Å². The highest BCUT2D eigenvalue weighted by atomic mass is 79.9. The number of aromatic nitrogens is 2. The van der Waals surface area contributed by atoms with Gasteiger partial charge in [-0.15, -0.1) is 0 Å². The number of halogens is 2. The third-order valence-corrected chi connectivity index (χ3v) is 6.52. The maximum atomic E-state index is 12.4. The summed E-state index contributed by atoms with van der Waals surface area (Å²) in [5.74, 6) is 0.0170. The van der Waals surface area contributed by atoms with E-state index in [0.29, 0.717) is 32.9 Å². The number of anilines is 1. The van der Waals surface area contributed by atoms with Gasteiger partial charge in [-0.3, -0.25) is 4.79 Å². The molecule has 0 spiro atoms. The Morgan fingerprint density at radius 1 is 0.974 bits per heavy atom. The number of methoxy groups -OCH3 is 2. The number of benzene rings is 3. The van der Waals surface area contributed by atoms with Gasteiger partial charge >= 0.3 is 5.97 Å². The first-order valence-corrected chi connectivity index (χ1v) is 12.9. The normalized spacial score (nSPS) is 10.8. The van der Waals surface area contributed by atoms with Crippen LogP contribution in [-0.2, 0) is 14.3 Å². The third-order valence-electron chi connectivity index (χ3n) is 5.37. The fourth-order valence-electron chi connectivity index (χ4n) is 3.55. The molecule has 0 radical (unpaired) electrons. The van der Waals surface area contributed by atoms with Crippen LogP contribution in [0.1, 0.15) is 5.56 Å². The van der Waals surface area contributed by atoms with Crippen molar-refractivity contribution in [3.63, 3.8) is 0 Å². The topological polar surface area (TPSA) is 91.7 Å². The molecule has 1 N–H and O–H groups in total. The molecule has 0 fully saturated rings. The predicted molar refractivity (Wildman–Crippen MR) is 153 cm³/mol. The van der Waals surface area contributed by atoms with E-state index in [9.17, 15) is 9.59 Å². The Morgan fingerprint density at radius 2 is 1.74 bits per heavy atom. The summed E-state index contributed by atoms with van der Waals surface area (Å²) in [6.45, 7) is -0.433. The second-order valence-corrected chi connectivity index (χ2v) is 9.67. The number of carbonyl (C=O) groups is 2. The summed E-state index contributed by atoms with van der Waals surface area (Å²) < 4.78 is 19.2. The van der Waals surface area contributed by atoms with Crippen LogP contribution in [0.3, 0.4) is 0 Å². The predicted octanol–water partition coefficient (Wildman–Crippen LogP) is 6.28. The van der Waals surface area contributed by atoms with Crippen molar-refractivity contribution in [2.75, 3.05) is 26.1 Å². The van der Waals surface area contributed by atoms with E-state index in [4.69, 9.17) is 19.3 Å². The van der Waals surface area contributed by atoms with Crippen LogP contribution in [-0.4, -0.2) is 42.5 Å². The number of carbonyl (C=O) groups excluding carboxylic acids is 2. The number of rotatable bonds is 9. The minimum Gasteiger partial charge on any atom is -0.493 e. The second-order valence-electron chi connectivity index (χ2n) is 7.90. The number of esters is 1. The number of amides is 1. The standard InChI is InChI=1S/C28H23Br2N3O5/c1-36-24-12-8-18(14-25(24)37-2)28-19(16-33(32-28)21-6-4-3-5-7-21)9-13-27(35)38-17-26(34)31-23-11-10-20(29)15-22(23)30/h3-16H,17H2,1-2H3,(H,31,34)/b13-9+. The van der Waals surface area contributed by atoms with E-state index in [0.717, 1.165) is 15.7 Å². The van der Waals surface area contributed by atoms with E-state index >= 15 is 0 Å². The highest BCUT2D eigenvalue weighted by molar-refractivity contribution is 9.11. The summed E-state index contributed by atoms with van der Waals surface area (Å²) in [7, 11) is 3.13. The molecule has 0 atom stereocenters. The first-order chi connectivity index (χ1) is 18.4. The van der Waals surface area contributed by atoms with Gasteiger partial charge in [0.2, 0.25) is 0 Å². The van der Waals surface area contributed by atoms with Gasteiger partial charge in [-0.2, -0.15) is 5.10 Å². The van der Waals surface area contributed by atoms with E-state index in [1.165, 1.54) is 6.08 Å². The molecular formula is C28H23Br2N3O5. The molecule has 1 aromatic heterocycles. The molecule has 1 amide bonds. The Bertz CT molecular complexity index is 1490. The van der Waals surface area contributed by atoms with E-state index in [1.807, 2.05) is 48.7 Å². The molecule has 1 heterocycles. The molecule has 0 saturated carbocycles. The monoisotopic (exact) mass is 639 g/mol. The number of hydrogen-bond donors (Lipinski definition) is 1. The van der Waals surface area contributed by atoms with Crippen LogP contribution >= 0.6 is 31.9 Å². The lowest BCUT2D eigenvalue weighted by atomic mass is 10.1. The minimum absolute atomic E-state index is 0.433. The van der Waals surface area contributed by atoms with E-state index in [2.05, 4.69) is 37.2 Å². The second kappa shape index (κ2) is 12.6. The Kier molecular flexibility index (Phi) is 8.98. The van der Waals surface area contributed by atoms with Gasteiger partial charge in [-0.25, -0.2) is 9.48 Å². The molecule has 4 aromatic rings. The summed E-state index contributed by atoms with van der Waals surface area (Å²) >= 11 is 6.74. The number of nitrogens with one attached hydrogen (secondary N) is 1. The maximum absolute atomic E-state index is 12.4. The first-order valence-electron chi connectivity index (χ1n) is 11.3. The van der Waals surface area contributed by atoms with E-state index < -0.39 is 18.5 Å². The molecular weight excluding hydrogens is 618 g/mol. The van der Waals surface area contributed by atoms with E-state index in [1.54, 1.807) is 49.2 Å². The first kappa shape index (κ1) is 27.2. The molecule has 4 rings (SSSR count). The number of ether oxygens (including phenoxy) is 3. The Labute approximate surface area is 236 Å². The average Bonchev–Trinajstić information content (AvgIpc) is 3.36. The maximum Gasteiger partial charge on any atom is 0.331 e. The Balaban J connectivity index is 1.52. The van der Waals surface area contributed by atoms with Crippen LogP contribution in [0.2, 0.25) is 0 Å². The average molecular weight is 641 g/mol. The molecule has 0 aliphatic rings. The van der Waals surface area contributed by atoms with Gasteiger partial charge in [-0.05, 0) is 70.5 Å². The summed E-state index contributed by atoms with van der Waals surface area (Å²) in [6, 6.07) is 20.4. The third kappa shape index (κ3) is 6.70. The SMILES string of the molecule is COc1ccc(-c2nn(-c3ccccc3)cc2/C=C/C(=O)OCC(=O)Nc2ccc(Br)cc2Br)cc1OC. The lowest BCUT2D eigenvalue weighted by molar-refractivity contribution is -0.142. The van der Waals surface area contributed by atoms with Crippen LogP contribution in [0.25, 0.3) is 23.0 Å². The van der Waals surface area contributed by atoms with Crippen LogP contribution in [0.4, 0.5) is 5.69 Å². The van der Waals surface area contributed by atoms with Crippen molar-refractivity contribution in [2.45, 2.75) is 0 Å². The van der Waals surface area contributed by atoms with Crippen molar-refractivity contribution >= 4 is 55.5 Å². The number of para-hydroxylation sites is 1. The van der Waals surface area contributed by atoms with Gasteiger partial charge in [0.05, 0.1) is 25.6 Å². The van der Waals surface area contributed by atoms with Gasteiger partial charge in [0.1, 0.15) is 5.69 Å². The van der Waals surface area contributed by atoms with Crippen molar-refractivity contribution in [2.24, 2.45) is 0 Å². The molecule has 8 nitrogen and oxygen atoms in total. The zero-order valence-corrected chi connectivity index (χ0v) is 23.7. The molecule has 0 aliphatic heterocycles. The molecule has 3 aromatic carbocycles. The van der Waals surface area contributed by atoms with Crippen molar-refractivity contribution in [3.8, 4) is 28.4 Å². The van der Waals surface area contributed by atoms with Crippen molar-refractivity contribution in [3.05, 3.63) is 93.5 Å². The smallest absolute Gasteiger partial charge is 0.331 e. The summed E-state index contributed by atoms with van der Waals surface area (Å²) in [6.07, 6.45) is 4.67. The van der Waals surface area contributed by atoms with Crippen molar-refractivity contribution in [1.29, 1.82) is 0 Å². The molecule has 0 bridgehead atoms. The van der Waals surface area contributed by atoms with Gasteiger partial charge in [0.15, 0.2) is 18.1 Å². The fourth-order valence-corrected chi connectivity index (χ4v) is 4.70. The van der Waals surface area contributed by atoms with Gasteiger partial charge < -0.3 is 19.5 Å². The highest BCUT2D eigenvalue weighted by Crippen LogP contribution is 2.34. The summed E-state index contributed by atoms with van der Waals surface area (Å²) in [4.78, 5) is 24.7. The number of nitrogens with zero attached hydrogens (tertiary/aromatic N) is 2. The molecule has 194 valence electrons. The van der Waals surface area contributed by atoms with E-state index in [-0.39, 0.29) is 0 Å². The Hall–Kier alpha value is -3.89. The molecule has 10 heteroatoms. The molecule has 0 unspecified atom stereocenters. The lowest BCUT2D eigenvalue weighted by Gasteiger charge is -2.09. The largest absolute Gasteiger partial charge is 0.493 e. The molecule has 38 heavy (non-hydrogen) atoms. The highest BCUT2D eigenvalue weighted by Gasteiger charge is 2.15. The minimum atomic E-state index is -0.666. The van der Waals surface area contributed by atoms with Gasteiger partial charge in [0.25, 0.3) is 5.91 Å². The summed E-state index contributed by atoms with van der Waals surface area (Å²) in [5, 5.41) is 7.44. The van der Waals surface area contributed by atoms with Crippen LogP contribution in [0.5, 0.6) is 11.5 Å². The van der Waals surface area contributed by atoms with Crippen molar-refractivity contribution in [1.82, 2.24) is 9.78 Å². The summed E-state index contributed by atoms with van der Waals surface area (Å²) in [5.41, 5.74) is 3.48. The number of hydrogen-bond acceptors (Lipinski definition) is 6. The molecule has 0 aliphatic carbocycles. The molecule has 0 saturated heterocycles. The Morgan fingerprint density at radius 3 is 2.45 bits per heavy atom. The lowest BCUT2D eigenvalue weighted by Crippen LogP contribution is -2.20. The van der Waals surface area contributed by atoms with Crippen molar-refractivity contribution < 1.29 is 23.8 Å². The van der Waals surface area contributed by atoms with Gasteiger partial charge in [-0.1, -0.05) is 34.1 Å². The van der Waals surface area contributed by atoms with Crippen LogP contribution in [0.15, 0.2) is 87.9 Å². The van der Waals surface area contributed by atoms with Gasteiger partial charge in [0, 0.05) is 32.3 Å². The quantitative estimate of drug-likeness (QED) is 0.171.